The van der Waals surface area contributed by atoms with Crippen molar-refractivity contribution < 1.29 is 40.2 Å². The van der Waals surface area contributed by atoms with Crippen LogP contribution in [-0.4, -0.2) is 31.4 Å². The Labute approximate surface area is 133 Å². The molecule has 0 radical (unpaired) electrons. The topological polar surface area (TPSA) is 113 Å². The summed E-state index contributed by atoms with van der Waals surface area (Å²) in [5.74, 6) is -1.80. The highest BCUT2D eigenvalue weighted by Crippen LogP contribution is 2.32. The van der Waals surface area contributed by atoms with Crippen molar-refractivity contribution in [3.05, 3.63) is 40.0 Å². The molecule has 0 bridgehead atoms. The number of hydrogen-bond acceptors (Lipinski definition) is 7. The standard InChI is InChI=1S/C12H10F3NO7S/c1-2-22-11(17)6-4-8-3-5-9(16(18)19)7-10(8)23-24(20,21)12(13,14)15/h3-7H,2H2,1H3. The molecule has 0 saturated carbocycles. The first kappa shape index (κ1) is 19.4. The number of nitrogens with zero attached hydrogens (tertiary/aromatic N) is 1. The van der Waals surface area contributed by atoms with Crippen molar-refractivity contribution in [2.24, 2.45) is 0 Å². The summed E-state index contributed by atoms with van der Waals surface area (Å²) in [4.78, 5) is 20.9. The number of carbonyl (C=O) groups is 1. The fourth-order valence-corrected chi connectivity index (χ4v) is 1.84. The Morgan fingerprint density at radius 2 is 2.00 bits per heavy atom. The van der Waals surface area contributed by atoms with Gasteiger partial charge in [0, 0.05) is 17.7 Å². The zero-order valence-corrected chi connectivity index (χ0v) is 12.8. The summed E-state index contributed by atoms with van der Waals surface area (Å²) in [7, 11) is -6.04. The van der Waals surface area contributed by atoms with Gasteiger partial charge in [0.1, 0.15) is 0 Å². The van der Waals surface area contributed by atoms with Gasteiger partial charge in [0.2, 0.25) is 0 Å². The molecular weight excluding hydrogens is 359 g/mol. The number of nitro benzene ring substituents is 1. The molecule has 0 unspecified atom stereocenters. The Morgan fingerprint density at radius 1 is 1.38 bits per heavy atom. The number of halogens is 3. The molecule has 132 valence electrons. The summed E-state index contributed by atoms with van der Waals surface area (Å²) in [5.41, 5.74) is -6.73. The third kappa shape index (κ3) is 4.94. The molecule has 0 spiro atoms. The lowest BCUT2D eigenvalue weighted by Gasteiger charge is -2.11. The Balaban J connectivity index is 3.30. The lowest BCUT2D eigenvalue weighted by molar-refractivity contribution is -0.384. The van der Waals surface area contributed by atoms with E-state index in [0.717, 1.165) is 24.3 Å². The summed E-state index contributed by atoms with van der Waals surface area (Å²) < 4.78 is 67.7. The van der Waals surface area contributed by atoms with Gasteiger partial charge < -0.3 is 8.92 Å². The molecule has 1 rings (SSSR count). The van der Waals surface area contributed by atoms with Gasteiger partial charge in [0.15, 0.2) is 5.75 Å². The van der Waals surface area contributed by atoms with Crippen LogP contribution in [0.2, 0.25) is 0 Å². The summed E-state index contributed by atoms with van der Waals surface area (Å²) in [5, 5.41) is 10.7. The molecule has 0 aromatic heterocycles. The predicted octanol–water partition coefficient (Wildman–Crippen LogP) is 2.40. The predicted molar refractivity (Wildman–Crippen MR) is 74.4 cm³/mol. The van der Waals surface area contributed by atoms with Gasteiger partial charge in [-0.3, -0.25) is 10.1 Å². The van der Waals surface area contributed by atoms with Crippen LogP contribution >= 0.6 is 0 Å². The molecule has 1 aromatic rings. The van der Waals surface area contributed by atoms with E-state index in [2.05, 4.69) is 8.92 Å². The molecule has 1 aromatic carbocycles. The molecule has 0 aliphatic heterocycles. The average Bonchev–Trinajstić information content (AvgIpc) is 2.44. The molecule has 0 aliphatic carbocycles. The quantitative estimate of drug-likeness (QED) is 0.189. The van der Waals surface area contributed by atoms with E-state index < -0.39 is 38.0 Å². The van der Waals surface area contributed by atoms with Gasteiger partial charge in [0.05, 0.1) is 17.6 Å². The normalized spacial score (nSPS) is 12.2. The maximum atomic E-state index is 12.4. The minimum Gasteiger partial charge on any atom is -0.463 e. The van der Waals surface area contributed by atoms with Gasteiger partial charge in [-0.2, -0.15) is 21.6 Å². The van der Waals surface area contributed by atoms with Gasteiger partial charge >= 0.3 is 21.6 Å². The summed E-state index contributed by atoms with van der Waals surface area (Å²) in [6.45, 7) is 1.55. The molecule has 0 amide bonds. The van der Waals surface area contributed by atoms with Crippen LogP contribution in [0.25, 0.3) is 6.08 Å². The third-order valence-electron chi connectivity index (χ3n) is 2.38. The monoisotopic (exact) mass is 369 g/mol. The van der Waals surface area contributed by atoms with Crippen molar-refractivity contribution in [3.63, 3.8) is 0 Å². The van der Waals surface area contributed by atoms with Crippen molar-refractivity contribution in [2.75, 3.05) is 6.61 Å². The molecule has 0 heterocycles. The van der Waals surface area contributed by atoms with E-state index in [0.29, 0.717) is 6.07 Å². The molecule has 0 fully saturated rings. The lowest BCUT2D eigenvalue weighted by Crippen LogP contribution is -2.28. The van der Waals surface area contributed by atoms with Crippen LogP contribution in [0.4, 0.5) is 18.9 Å². The van der Waals surface area contributed by atoms with Crippen LogP contribution in [0.5, 0.6) is 5.75 Å². The highest BCUT2D eigenvalue weighted by Gasteiger charge is 2.48. The minimum atomic E-state index is -6.04. The number of carbonyl (C=O) groups excluding carboxylic acids is 1. The van der Waals surface area contributed by atoms with E-state index in [1.54, 1.807) is 0 Å². The average molecular weight is 369 g/mol. The maximum Gasteiger partial charge on any atom is 0.534 e. The zero-order chi connectivity index (χ0) is 18.5. The fourth-order valence-electron chi connectivity index (χ4n) is 1.36. The molecular formula is C12H10F3NO7S. The van der Waals surface area contributed by atoms with Crippen LogP contribution in [0.1, 0.15) is 12.5 Å². The molecule has 0 atom stereocenters. The van der Waals surface area contributed by atoms with Crippen LogP contribution in [0, 0.1) is 10.1 Å². The van der Waals surface area contributed by atoms with Crippen LogP contribution < -0.4 is 4.18 Å². The highest BCUT2D eigenvalue weighted by molar-refractivity contribution is 7.88. The van der Waals surface area contributed by atoms with Crippen LogP contribution in [0.15, 0.2) is 24.3 Å². The van der Waals surface area contributed by atoms with Gasteiger partial charge in [-0.15, -0.1) is 0 Å². The van der Waals surface area contributed by atoms with Crippen molar-refractivity contribution >= 4 is 27.9 Å². The van der Waals surface area contributed by atoms with Crippen molar-refractivity contribution in [1.82, 2.24) is 0 Å². The first-order chi connectivity index (χ1) is 11.0. The number of alkyl halides is 3. The highest BCUT2D eigenvalue weighted by atomic mass is 32.2. The molecule has 0 N–H and O–H groups in total. The number of hydrogen-bond donors (Lipinski definition) is 0. The number of rotatable bonds is 6. The van der Waals surface area contributed by atoms with E-state index in [9.17, 15) is 36.5 Å². The number of esters is 1. The van der Waals surface area contributed by atoms with E-state index in [1.165, 1.54) is 6.92 Å². The molecule has 0 saturated heterocycles. The number of non-ortho nitro benzene ring substituents is 1. The Hall–Kier alpha value is -2.63. The van der Waals surface area contributed by atoms with E-state index in [4.69, 9.17) is 0 Å². The third-order valence-corrected chi connectivity index (χ3v) is 3.34. The van der Waals surface area contributed by atoms with Crippen molar-refractivity contribution in [2.45, 2.75) is 12.4 Å². The van der Waals surface area contributed by atoms with E-state index in [-0.39, 0.29) is 12.2 Å². The maximum absolute atomic E-state index is 12.4. The molecule has 12 heteroatoms. The molecule has 24 heavy (non-hydrogen) atoms. The first-order valence-corrected chi connectivity index (χ1v) is 7.52. The second-order valence-corrected chi connectivity index (χ2v) is 5.59. The summed E-state index contributed by atoms with van der Waals surface area (Å²) >= 11 is 0. The number of nitro groups is 1. The second-order valence-electron chi connectivity index (χ2n) is 4.05. The van der Waals surface area contributed by atoms with E-state index >= 15 is 0 Å². The summed E-state index contributed by atoms with van der Waals surface area (Å²) in [6, 6.07) is 2.32. The van der Waals surface area contributed by atoms with Gasteiger partial charge in [-0.1, -0.05) is 0 Å². The zero-order valence-electron chi connectivity index (χ0n) is 11.9. The Kier molecular flexibility index (Phi) is 5.90. The van der Waals surface area contributed by atoms with Gasteiger partial charge in [0.25, 0.3) is 5.69 Å². The smallest absolute Gasteiger partial charge is 0.463 e. The van der Waals surface area contributed by atoms with Gasteiger partial charge in [-0.25, -0.2) is 4.79 Å². The van der Waals surface area contributed by atoms with Crippen LogP contribution in [0.3, 0.4) is 0 Å². The lowest BCUT2D eigenvalue weighted by atomic mass is 10.1. The first-order valence-electron chi connectivity index (χ1n) is 6.12. The SMILES string of the molecule is CCOC(=O)C=Cc1ccc([N+](=O)[O-])cc1OS(=O)(=O)C(F)(F)F. The second kappa shape index (κ2) is 7.29. The number of ether oxygens (including phenoxy) is 1. The Bertz CT molecular complexity index is 771. The molecule has 8 nitrogen and oxygen atoms in total. The van der Waals surface area contributed by atoms with E-state index in [1.807, 2.05) is 0 Å². The molecule has 0 aliphatic rings. The van der Waals surface area contributed by atoms with Gasteiger partial charge in [-0.05, 0) is 19.1 Å². The Morgan fingerprint density at radius 3 is 2.50 bits per heavy atom. The van der Waals surface area contributed by atoms with Crippen LogP contribution in [-0.2, 0) is 19.6 Å². The number of benzene rings is 1. The van der Waals surface area contributed by atoms with Crippen molar-refractivity contribution in [1.29, 1.82) is 0 Å². The minimum absolute atomic E-state index is 0.0369. The fraction of sp³-hybridized carbons (Fsp3) is 0.250. The van der Waals surface area contributed by atoms with Crippen molar-refractivity contribution in [3.8, 4) is 5.75 Å². The summed E-state index contributed by atoms with van der Waals surface area (Å²) in [6.07, 6.45) is 1.71. The largest absolute Gasteiger partial charge is 0.534 e.